The van der Waals surface area contributed by atoms with E-state index in [1.54, 1.807) is 24.3 Å². The number of benzene rings is 1. The fraction of sp³-hybridized carbons (Fsp3) is 0.389. The monoisotopic (exact) mass is 359 g/mol. The Morgan fingerprint density at radius 1 is 1.38 bits per heavy atom. The zero-order valence-corrected chi connectivity index (χ0v) is 14.7. The molecule has 138 valence electrons. The molecule has 0 bridgehead atoms. The molecule has 0 saturated heterocycles. The number of carbonyl (C=O) groups is 3. The van der Waals surface area contributed by atoms with Crippen LogP contribution in [0.15, 0.2) is 35.5 Å². The summed E-state index contributed by atoms with van der Waals surface area (Å²) in [5, 5.41) is 5.51. The lowest BCUT2D eigenvalue weighted by Gasteiger charge is -2.32. The first kappa shape index (κ1) is 17.8. The predicted molar refractivity (Wildman–Crippen MR) is 92.3 cm³/mol. The maximum atomic E-state index is 12.6. The maximum Gasteiger partial charge on any atom is 0.338 e. The molecule has 1 aromatic rings. The van der Waals surface area contributed by atoms with E-state index < -0.39 is 18.0 Å². The van der Waals surface area contributed by atoms with Gasteiger partial charge in [-0.25, -0.2) is 9.59 Å². The van der Waals surface area contributed by atoms with Crippen LogP contribution in [0.3, 0.4) is 0 Å². The normalized spacial score (nSPS) is 19.0. The van der Waals surface area contributed by atoms with E-state index in [9.17, 15) is 14.4 Å². The van der Waals surface area contributed by atoms with E-state index in [0.717, 1.165) is 6.42 Å². The van der Waals surface area contributed by atoms with E-state index in [2.05, 4.69) is 10.6 Å². The fourth-order valence-corrected chi connectivity index (χ4v) is 3.08. The SMILES string of the molecule is CCCNC(=O)CN1C(=O)N[C@@H](c2ccccc2OC)C2=C1COC2=O. The molecule has 0 fully saturated rings. The van der Waals surface area contributed by atoms with Crippen molar-refractivity contribution in [3.8, 4) is 5.75 Å². The van der Waals surface area contributed by atoms with E-state index in [4.69, 9.17) is 9.47 Å². The Labute approximate surface area is 151 Å². The standard InChI is InChI=1S/C18H21N3O5/c1-3-8-19-14(22)9-21-12-10-26-17(23)15(12)16(20-18(21)24)11-6-4-5-7-13(11)25-2/h4-7,16H,3,8-10H2,1-2H3,(H,19,22)(H,20,24)/t16-/m0/s1. The van der Waals surface area contributed by atoms with Crippen LogP contribution >= 0.6 is 0 Å². The number of carbonyl (C=O) groups excluding carboxylic acids is 3. The number of hydrogen-bond donors (Lipinski definition) is 2. The number of nitrogens with one attached hydrogen (secondary N) is 2. The lowest BCUT2D eigenvalue weighted by Crippen LogP contribution is -2.50. The number of rotatable bonds is 6. The zero-order chi connectivity index (χ0) is 18.7. The summed E-state index contributed by atoms with van der Waals surface area (Å²) in [6, 6.07) is 6.01. The van der Waals surface area contributed by atoms with Gasteiger partial charge in [-0.15, -0.1) is 0 Å². The van der Waals surface area contributed by atoms with Gasteiger partial charge in [-0.3, -0.25) is 9.69 Å². The Balaban J connectivity index is 1.95. The molecular weight excluding hydrogens is 338 g/mol. The van der Waals surface area contributed by atoms with Crippen molar-refractivity contribution in [1.82, 2.24) is 15.5 Å². The second-order valence-electron chi connectivity index (χ2n) is 6.00. The Morgan fingerprint density at radius 2 is 2.15 bits per heavy atom. The smallest absolute Gasteiger partial charge is 0.338 e. The molecule has 8 nitrogen and oxygen atoms in total. The maximum absolute atomic E-state index is 12.6. The molecule has 2 aliphatic heterocycles. The van der Waals surface area contributed by atoms with Crippen molar-refractivity contribution in [3.63, 3.8) is 0 Å². The van der Waals surface area contributed by atoms with Gasteiger partial charge in [0.25, 0.3) is 0 Å². The molecule has 3 amide bonds. The van der Waals surface area contributed by atoms with Gasteiger partial charge < -0.3 is 20.1 Å². The summed E-state index contributed by atoms with van der Waals surface area (Å²) >= 11 is 0. The molecule has 2 N–H and O–H groups in total. The zero-order valence-electron chi connectivity index (χ0n) is 14.7. The van der Waals surface area contributed by atoms with Gasteiger partial charge in [0, 0.05) is 12.1 Å². The van der Waals surface area contributed by atoms with Crippen molar-refractivity contribution in [2.24, 2.45) is 0 Å². The van der Waals surface area contributed by atoms with Crippen molar-refractivity contribution in [2.45, 2.75) is 19.4 Å². The number of amides is 3. The Kier molecular flexibility index (Phi) is 5.11. The van der Waals surface area contributed by atoms with Gasteiger partial charge in [0.1, 0.15) is 18.9 Å². The van der Waals surface area contributed by atoms with E-state index in [1.165, 1.54) is 12.0 Å². The molecule has 2 aliphatic rings. The molecule has 1 aromatic carbocycles. The van der Waals surface area contributed by atoms with Crippen LogP contribution in [0.5, 0.6) is 5.75 Å². The first-order chi connectivity index (χ1) is 12.6. The van der Waals surface area contributed by atoms with Crippen molar-refractivity contribution in [2.75, 3.05) is 26.8 Å². The summed E-state index contributed by atoms with van der Waals surface area (Å²) in [4.78, 5) is 38.2. The molecule has 0 aliphatic carbocycles. The molecule has 0 aromatic heterocycles. The second-order valence-corrected chi connectivity index (χ2v) is 6.00. The highest BCUT2D eigenvalue weighted by Gasteiger charge is 2.43. The predicted octanol–water partition coefficient (Wildman–Crippen LogP) is 1.10. The molecule has 0 saturated carbocycles. The van der Waals surface area contributed by atoms with Crippen molar-refractivity contribution in [1.29, 1.82) is 0 Å². The van der Waals surface area contributed by atoms with E-state index in [0.29, 0.717) is 29.1 Å². The number of cyclic esters (lactones) is 1. The summed E-state index contributed by atoms with van der Waals surface area (Å²) in [5.41, 5.74) is 1.41. The third-order valence-corrected chi connectivity index (χ3v) is 4.32. The Bertz CT molecular complexity index is 774. The van der Waals surface area contributed by atoms with E-state index >= 15 is 0 Å². The summed E-state index contributed by atoms with van der Waals surface area (Å²) in [6.07, 6.45) is 0.795. The van der Waals surface area contributed by atoms with Crippen LogP contribution in [0.4, 0.5) is 4.79 Å². The van der Waals surface area contributed by atoms with Crippen LogP contribution < -0.4 is 15.4 Å². The summed E-state index contributed by atoms with van der Waals surface area (Å²) in [5.74, 6) is -0.239. The molecule has 0 spiro atoms. The van der Waals surface area contributed by atoms with Gasteiger partial charge in [0.2, 0.25) is 5.91 Å². The lowest BCUT2D eigenvalue weighted by atomic mass is 9.95. The summed E-state index contributed by atoms with van der Waals surface area (Å²) in [6.45, 7) is 2.27. The third-order valence-electron chi connectivity index (χ3n) is 4.32. The average molecular weight is 359 g/mol. The van der Waals surface area contributed by atoms with Gasteiger partial charge in [-0.05, 0) is 12.5 Å². The quantitative estimate of drug-likeness (QED) is 0.742. The highest BCUT2D eigenvalue weighted by atomic mass is 16.5. The van der Waals surface area contributed by atoms with E-state index in [-0.39, 0.29) is 19.1 Å². The molecule has 1 atom stereocenters. The number of esters is 1. The van der Waals surface area contributed by atoms with Crippen LogP contribution in [0.25, 0.3) is 0 Å². The highest BCUT2D eigenvalue weighted by molar-refractivity contribution is 5.98. The second kappa shape index (κ2) is 7.47. The Morgan fingerprint density at radius 3 is 2.88 bits per heavy atom. The van der Waals surface area contributed by atoms with Crippen LogP contribution in [-0.2, 0) is 14.3 Å². The van der Waals surface area contributed by atoms with Gasteiger partial charge in [-0.2, -0.15) is 0 Å². The highest BCUT2D eigenvalue weighted by Crippen LogP contribution is 2.38. The summed E-state index contributed by atoms with van der Waals surface area (Å²) < 4.78 is 10.5. The molecular formula is C18H21N3O5. The van der Waals surface area contributed by atoms with Gasteiger partial charge >= 0.3 is 12.0 Å². The molecule has 0 radical (unpaired) electrons. The number of ether oxygens (including phenoxy) is 2. The average Bonchev–Trinajstić information content (AvgIpc) is 3.03. The molecule has 3 rings (SSSR count). The Hall–Kier alpha value is -3.03. The van der Waals surface area contributed by atoms with E-state index in [1.807, 2.05) is 6.92 Å². The lowest BCUT2D eigenvalue weighted by molar-refractivity contribution is -0.136. The molecule has 26 heavy (non-hydrogen) atoms. The topological polar surface area (TPSA) is 97.0 Å². The van der Waals surface area contributed by atoms with Gasteiger partial charge in [0.15, 0.2) is 0 Å². The first-order valence-electron chi connectivity index (χ1n) is 8.44. The van der Waals surface area contributed by atoms with Crippen LogP contribution in [0, 0.1) is 0 Å². The number of hydrogen-bond acceptors (Lipinski definition) is 5. The van der Waals surface area contributed by atoms with Gasteiger partial charge in [0.05, 0.1) is 24.4 Å². The van der Waals surface area contributed by atoms with Crippen molar-refractivity contribution in [3.05, 3.63) is 41.1 Å². The minimum atomic E-state index is -0.682. The van der Waals surface area contributed by atoms with Crippen LogP contribution in [0.1, 0.15) is 24.9 Å². The van der Waals surface area contributed by atoms with Gasteiger partial charge in [-0.1, -0.05) is 25.1 Å². The molecule has 0 unspecified atom stereocenters. The van der Waals surface area contributed by atoms with Crippen LogP contribution in [-0.4, -0.2) is 49.6 Å². The largest absolute Gasteiger partial charge is 0.496 e. The number of nitrogens with zero attached hydrogens (tertiary/aromatic N) is 1. The fourth-order valence-electron chi connectivity index (χ4n) is 3.08. The number of para-hydroxylation sites is 1. The summed E-state index contributed by atoms with van der Waals surface area (Å²) in [7, 11) is 1.52. The number of methoxy groups -OCH3 is 1. The number of urea groups is 1. The van der Waals surface area contributed by atoms with Crippen LogP contribution in [0.2, 0.25) is 0 Å². The molecule has 2 heterocycles. The van der Waals surface area contributed by atoms with Crippen molar-refractivity contribution >= 4 is 17.9 Å². The minimum absolute atomic E-state index is 0.0334. The molecule has 8 heteroatoms. The first-order valence-corrected chi connectivity index (χ1v) is 8.44. The minimum Gasteiger partial charge on any atom is -0.496 e. The third kappa shape index (κ3) is 3.22. The van der Waals surface area contributed by atoms with Crippen molar-refractivity contribution < 1.29 is 23.9 Å².